The Balaban J connectivity index is 2.56. The summed E-state index contributed by atoms with van der Waals surface area (Å²) < 4.78 is 10.0. The molecule has 0 aliphatic rings. The fourth-order valence-electron chi connectivity index (χ4n) is 1.74. The van der Waals surface area contributed by atoms with E-state index in [4.69, 9.17) is 15.2 Å². The number of urea groups is 1. The number of rotatable bonds is 8. The first kappa shape index (κ1) is 16.3. The average Bonchev–Trinajstić information content (AvgIpc) is 2.42. The summed E-state index contributed by atoms with van der Waals surface area (Å²) in [5, 5.41) is 2.83. The highest BCUT2D eigenvalue weighted by Crippen LogP contribution is 2.12. The fourth-order valence-corrected chi connectivity index (χ4v) is 1.74. The Morgan fingerprint density at radius 1 is 1.25 bits per heavy atom. The minimum Gasteiger partial charge on any atom is -0.399 e. The van der Waals surface area contributed by atoms with Crippen LogP contribution in [0.25, 0.3) is 0 Å². The number of benzene rings is 1. The highest BCUT2D eigenvalue weighted by atomic mass is 16.5. The van der Waals surface area contributed by atoms with Gasteiger partial charge in [-0.1, -0.05) is 6.07 Å². The van der Waals surface area contributed by atoms with E-state index in [0.717, 1.165) is 6.42 Å². The van der Waals surface area contributed by atoms with Gasteiger partial charge in [0.25, 0.3) is 0 Å². The third kappa shape index (κ3) is 5.90. The Bertz CT molecular complexity index is 412. The molecule has 1 rings (SSSR count). The molecule has 0 saturated carbocycles. The van der Waals surface area contributed by atoms with Gasteiger partial charge in [0.1, 0.15) is 0 Å². The summed E-state index contributed by atoms with van der Waals surface area (Å²) >= 11 is 0. The second-order valence-corrected chi connectivity index (χ2v) is 4.38. The Morgan fingerprint density at radius 3 is 2.65 bits per heavy atom. The molecule has 6 nitrogen and oxygen atoms in total. The second kappa shape index (κ2) is 9.17. The lowest BCUT2D eigenvalue weighted by Crippen LogP contribution is -2.38. The zero-order chi connectivity index (χ0) is 14.8. The van der Waals surface area contributed by atoms with Gasteiger partial charge in [0.2, 0.25) is 0 Å². The van der Waals surface area contributed by atoms with Gasteiger partial charge in [0.05, 0.1) is 6.61 Å². The van der Waals surface area contributed by atoms with Crippen molar-refractivity contribution < 1.29 is 14.3 Å². The van der Waals surface area contributed by atoms with Crippen molar-refractivity contribution in [1.82, 2.24) is 4.90 Å². The van der Waals surface area contributed by atoms with Crippen molar-refractivity contribution in [2.24, 2.45) is 0 Å². The topological polar surface area (TPSA) is 76.8 Å². The number of ether oxygens (including phenoxy) is 2. The number of hydrogen-bond acceptors (Lipinski definition) is 4. The molecule has 0 fully saturated rings. The molecule has 112 valence electrons. The lowest BCUT2D eigenvalue weighted by atomic mass is 10.3. The molecule has 6 heteroatoms. The summed E-state index contributed by atoms with van der Waals surface area (Å²) in [4.78, 5) is 13.9. The molecule has 0 bridgehead atoms. The zero-order valence-corrected chi connectivity index (χ0v) is 12.1. The number of nitrogens with two attached hydrogens (primary N) is 1. The van der Waals surface area contributed by atoms with Gasteiger partial charge in [-0.2, -0.15) is 0 Å². The fraction of sp³-hybridized carbons (Fsp3) is 0.500. The summed E-state index contributed by atoms with van der Waals surface area (Å²) in [5.41, 5.74) is 6.99. The number of anilines is 2. The van der Waals surface area contributed by atoms with Crippen LogP contribution in [-0.2, 0) is 9.47 Å². The summed E-state index contributed by atoms with van der Waals surface area (Å²) in [5.74, 6) is 0. The number of nitrogen functional groups attached to an aromatic ring is 1. The Morgan fingerprint density at radius 2 is 2.00 bits per heavy atom. The molecule has 20 heavy (non-hydrogen) atoms. The standard InChI is InChI=1S/C14H23N3O3/c1-19-9-4-7-17(8-10-20-2)14(18)16-13-6-3-5-12(15)11-13/h3,5-6,11H,4,7-10,15H2,1-2H3,(H,16,18). The average molecular weight is 281 g/mol. The van der Waals surface area contributed by atoms with E-state index in [1.807, 2.05) is 0 Å². The number of nitrogens with zero attached hydrogens (tertiary/aromatic N) is 1. The molecule has 0 spiro atoms. The van der Waals surface area contributed by atoms with Crippen LogP contribution in [-0.4, -0.2) is 51.5 Å². The first-order chi connectivity index (χ1) is 9.67. The summed E-state index contributed by atoms with van der Waals surface area (Å²) in [7, 11) is 3.26. The van der Waals surface area contributed by atoms with Gasteiger partial charge < -0.3 is 25.4 Å². The van der Waals surface area contributed by atoms with Gasteiger partial charge in [0.15, 0.2) is 0 Å². The van der Waals surface area contributed by atoms with Gasteiger partial charge in [-0.15, -0.1) is 0 Å². The van der Waals surface area contributed by atoms with Gasteiger partial charge in [-0.05, 0) is 24.6 Å². The second-order valence-electron chi connectivity index (χ2n) is 4.38. The van der Waals surface area contributed by atoms with Crippen molar-refractivity contribution in [3.63, 3.8) is 0 Å². The molecule has 0 radical (unpaired) electrons. The van der Waals surface area contributed by atoms with Gasteiger partial charge in [-0.3, -0.25) is 0 Å². The predicted octanol–water partition coefficient (Wildman–Crippen LogP) is 1.79. The largest absolute Gasteiger partial charge is 0.399 e. The Labute approximate surface area is 119 Å². The van der Waals surface area contributed by atoms with E-state index in [1.165, 1.54) is 0 Å². The van der Waals surface area contributed by atoms with Crippen molar-refractivity contribution in [3.05, 3.63) is 24.3 Å². The molecule has 2 amide bonds. The van der Waals surface area contributed by atoms with Crippen LogP contribution in [0.15, 0.2) is 24.3 Å². The molecular weight excluding hydrogens is 258 g/mol. The lowest BCUT2D eigenvalue weighted by molar-refractivity contribution is 0.143. The van der Waals surface area contributed by atoms with Crippen LogP contribution in [0, 0.1) is 0 Å². The number of hydrogen-bond donors (Lipinski definition) is 2. The first-order valence-corrected chi connectivity index (χ1v) is 6.56. The SMILES string of the molecule is COCCCN(CCOC)C(=O)Nc1cccc(N)c1. The van der Waals surface area contributed by atoms with E-state index >= 15 is 0 Å². The summed E-state index contributed by atoms with van der Waals surface area (Å²) in [6.45, 7) is 2.27. The number of carbonyl (C=O) groups excluding carboxylic acids is 1. The van der Waals surface area contributed by atoms with Crippen LogP contribution in [0.2, 0.25) is 0 Å². The van der Waals surface area contributed by atoms with Crippen LogP contribution < -0.4 is 11.1 Å². The minimum atomic E-state index is -0.163. The van der Waals surface area contributed by atoms with Crippen LogP contribution >= 0.6 is 0 Å². The predicted molar refractivity (Wildman–Crippen MR) is 79.8 cm³/mol. The smallest absolute Gasteiger partial charge is 0.321 e. The van der Waals surface area contributed by atoms with Crippen LogP contribution in [0.5, 0.6) is 0 Å². The quantitative estimate of drug-likeness (QED) is 0.562. The highest BCUT2D eigenvalue weighted by molar-refractivity contribution is 5.89. The third-order valence-corrected chi connectivity index (χ3v) is 2.77. The maximum atomic E-state index is 12.2. The van der Waals surface area contributed by atoms with Crippen molar-refractivity contribution in [1.29, 1.82) is 0 Å². The summed E-state index contributed by atoms with van der Waals surface area (Å²) in [6, 6.07) is 6.94. The maximum absolute atomic E-state index is 12.2. The normalized spacial score (nSPS) is 10.3. The molecule has 0 aromatic heterocycles. The van der Waals surface area contributed by atoms with E-state index in [0.29, 0.717) is 37.7 Å². The van der Waals surface area contributed by atoms with Crippen LogP contribution in [0.3, 0.4) is 0 Å². The van der Waals surface area contributed by atoms with E-state index in [9.17, 15) is 4.79 Å². The first-order valence-electron chi connectivity index (χ1n) is 6.56. The molecule has 0 atom stereocenters. The molecular formula is C14H23N3O3. The van der Waals surface area contributed by atoms with Gasteiger partial charge >= 0.3 is 6.03 Å². The summed E-state index contributed by atoms with van der Waals surface area (Å²) in [6.07, 6.45) is 0.782. The maximum Gasteiger partial charge on any atom is 0.321 e. The van der Waals surface area contributed by atoms with E-state index in [-0.39, 0.29) is 6.03 Å². The lowest BCUT2D eigenvalue weighted by Gasteiger charge is -2.22. The number of amides is 2. The zero-order valence-electron chi connectivity index (χ0n) is 12.1. The van der Waals surface area contributed by atoms with E-state index in [2.05, 4.69) is 5.32 Å². The van der Waals surface area contributed by atoms with Crippen LogP contribution in [0.1, 0.15) is 6.42 Å². The molecule has 1 aromatic rings. The minimum absolute atomic E-state index is 0.163. The van der Waals surface area contributed by atoms with Crippen molar-refractivity contribution in [2.45, 2.75) is 6.42 Å². The highest BCUT2D eigenvalue weighted by Gasteiger charge is 2.13. The molecule has 0 aliphatic carbocycles. The molecule has 3 N–H and O–H groups in total. The van der Waals surface area contributed by atoms with Gasteiger partial charge in [0, 0.05) is 45.3 Å². The van der Waals surface area contributed by atoms with E-state index in [1.54, 1.807) is 43.4 Å². The van der Waals surface area contributed by atoms with Crippen molar-refractivity contribution >= 4 is 17.4 Å². The van der Waals surface area contributed by atoms with Crippen LogP contribution in [0.4, 0.5) is 16.2 Å². The van der Waals surface area contributed by atoms with Crippen molar-refractivity contribution in [3.8, 4) is 0 Å². The number of nitrogens with one attached hydrogen (secondary N) is 1. The number of methoxy groups -OCH3 is 2. The molecule has 0 saturated heterocycles. The van der Waals surface area contributed by atoms with Crippen molar-refractivity contribution in [2.75, 3.05) is 51.6 Å². The number of carbonyl (C=O) groups is 1. The Kier molecular flexibility index (Phi) is 7.46. The monoisotopic (exact) mass is 281 g/mol. The molecule has 0 heterocycles. The molecule has 1 aromatic carbocycles. The molecule has 0 unspecified atom stereocenters. The van der Waals surface area contributed by atoms with E-state index < -0.39 is 0 Å². The van der Waals surface area contributed by atoms with Gasteiger partial charge in [-0.25, -0.2) is 4.79 Å². The third-order valence-electron chi connectivity index (χ3n) is 2.77. The Hall–Kier alpha value is -1.79. The molecule has 0 aliphatic heterocycles.